The molecule has 0 aliphatic heterocycles. The van der Waals surface area contributed by atoms with E-state index in [9.17, 15) is 5.11 Å². The van der Waals surface area contributed by atoms with Gasteiger partial charge in [0.15, 0.2) is 0 Å². The summed E-state index contributed by atoms with van der Waals surface area (Å²) in [6.07, 6.45) is 18.9. The third-order valence-electron chi connectivity index (χ3n) is 11.4. The van der Waals surface area contributed by atoms with E-state index in [0.717, 1.165) is 54.3 Å². The molecule has 5 unspecified atom stereocenters. The zero-order valence-corrected chi connectivity index (χ0v) is 19.8. The fourth-order valence-corrected chi connectivity index (χ4v) is 9.87. The molecule has 1 nitrogen and oxygen atoms in total. The number of aliphatic hydroxyl groups excluding tert-OH is 1. The lowest BCUT2D eigenvalue weighted by molar-refractivity contribution is -0.137. The van der Waals surface area contributed by atoms with Gasteiger partial charge in [-0.2, -0.15) is 0 Å². The number of fused-ring (bicyclic) bond motifs is 4. The maximum Gasteiger partial charge on any atom is 0.0548 e. The predicted molar refractivity (Wildman–Crippen MR) is 121 cm³/mol. The summed E-state index contributed by atoms with van der Waals surface area (Å²) >= 11 is 0. The van der Waals surface area contributed by atoms with Gasteiger partial charge in [-0.15, -0.1) is 0 Å². The average molecular weight is 399 g/mol. The van der Waals surface area contributed by atoms with Gasteiger partial charge in [-0.25, -0.2) is 0 Å². The zero-order valence-electron chi connectivity index (χ0n) is 19.8. The molecule has 5 aliphatic carbocycles. The SMILES string of the molecule is CC(C)CCC[C@@H](C)[C@H]1C=CC2C3CCC45CC4C[C@H](O)C[C@]5(C)C3CC[C@@]21C. The summed E-state index contributed by atoms with van der Waals surface area (Å²) in [7, 11) is 0. The molecule has 5 aliphatic rings. The number of aliphatic hydroxyl groups is 1. The zero-order chi connectivity index (χ0) is 20.6. The van der Waals surface area contributed by atoms with Gasteiger partial charge in [0.1, 0.15) is 0 Å². The van der Waals surface area contributed by atoms with E-state index in [-0.39, 0.29) is 6.10 Å². The van der Waals surface area contributed by atoms with Crippen molar-refractivity contribution in [3.05, 3.63) is 12.2 Å². The van der Waals surface area contributed by atoms with Crippen LogP contribution in [-0.2, 0) is 0 Å². The van der Waals surface area contributed by atoms with Gasteiger partial charge < -0.3 is 5.11 Å². The van der Waals surface area contributed by atoms with Crippen LogP contribution in [0.4, 0.5) is 0 Å². The second-order valence-corrected chi connectivity index (χ2v) is 13.2. The molecule has 5 rings (SSSR count). The van der Waals surface area contributed by atoms with E-state index >= 15 is 0 Å². The van der Waals surface area contributed by atoms with Crippen molar-refractivity contribution >= 4 is 0 Å². The molecule has 0 aromatic carbocycles. The third kappa shape index (κ3) is 2.88. The molecule has 29 heavy (non-hydrogen) atoms. The molecule has 0 radical (unpaired) electrons. The summed E-state index contributed by atoms with van der Waals surface area (Å²) in [6.45, 7) is 12.5. The Balaban J connectivity index is 1.33. The van der Waals surface area contributed by atoms with E-state index in [4.69, 9.17) is 0 Å². The Hall–Kier alpha value is -0.300. The lowest BCUT2D eigenvalue weighted by Gasteiger charge is -2.62. The second-order valence-electron chi connectivity index (χ2n) is 13.2. The molecule has 0 aromatic rings. The Morgan fingerprint density at radius 2 is 1.79 bits per heavy atom. The van der Waals surface area contributed by atoms with Gasteiger partial charge in [-0.05, 0) is 103 Å². The van der Waals surface area contributed by atoms with Crippen molar-refractivity contribution in [1.29, 1.82) is 0 Å². The highest BCUT2D eigenvalue weighted by Gasteiger charge is 2.72. The van der Waals surface area contributed by atoms with Crippen LogP contribution >= 0.6 is 0 Å². The highest BCUT2D eigenvalue weighted by molar-refractivity contribution is 5.25. The lowest BCUT2D eigenvalue weighted by atomic mass is 9.43. The van der Waals surface area contributed by atoms with Crippen molar-refractivity contribution in [2.24, 2.45) is 57.7 Å². The summed E-state index contributed by atoms with van der Waals surface area (Å²) in [5.74, 6) is 5.82. The minimum absolute atomic E-state index is 0.0273. The standard InChI is InChI=1S/C28H46O/c1-18(2)7-6-8-19(3)23-9-10-24-22-11-14-28-16-20(28)15-21(29)17-27(28,5)25(22)12-13-26(23,24)4/h9-10,18-25,29H,6-8,11-17H2,1-5H3/t19-,20?,21+,22?,23-,24?,25?,26-,27-,28?/m1/s1. The van der Waals surface area contributed by atoms with E-state index < -0.39 is 0 Å². The molecule has 164 valence electrons. The second kappa shape index (κ2) is 6.85. The van der Waals surface area contributed by atoms with E-state index in [0.29, 0.717) is 16.2 Å². The van der Waals surface area contributed by atoms with Gasteiger partial charge in [0, 0.05) is 0 Å². The van der Waals surface area contributed by atoms with Gasteiger partial charge in [0.25, 0.3) is 0 Å². The highest BCUT2D eigenvalue weighted by atomic mass is 16.3. The smallest absolute Gasteiger partial charge is 0.0548 e. The van der Waals surface area contributed by atoms with Crippen LogP contribution in [0.3, 0.4) is 0 Å². The number of allylic oxidation sites excluding steroid dienone is 2. The molecular formula is C28H46O. The monoisotopic (exact) mass is 398 g/mol. The summed E-state index contributed by atoms with van der Waals surface area (Å²) in [4.78, 5) is 0. The van der Waals surface area contributed by atoms with Crippen molar-refractivity contribution in [2.75, 3.05) is 0 Å². The summed E-state index contributed by atoms with van der Waals surface area (Å²) < 4.78 is 0. The van der Waals surface area contributed by atoms with Gasteiger partial charge in [-0.3, -0.25) is 0 Å². The summed E-state index contributed by atoms with van der Waals surface area (Å²) in [5.41, 5.74) is 1.52. The van der Waals surface area contributed by atoms with Crippen molar-refractivity contribution in [3.8, 4) is 0 Å². The lowest BCUT2D eigenvalue weighted by Crippen LogP contribution is -2.55. The van der Waals surface area contributed by atoms with Crippen molar-refractivity contribution in [3.63, 3.8) is 0 Å². The molecule has 4 fully saturated rings. The number of hydrogen-bond acceptors (Lipinski definition) is 1. The van der Waals surface area contributed by atoms with E-state index in [1.165, 1.54) is 51.4 Å². The first-order valence-corrected chi connectivity index (χ1v) is 13.1. The van der Waals surface area contributed by atoms with E-state index in [1.54, 1.807) is 0 Å². The third-order valence-corrected chi connectivity index (χ3v) is 11.4. The topological polar surface area (TPSA) is 20.2 Å². The van der Waals surface area contributed by atoms with Gasteiger partial charge in [-0.1, -0.05) is 66.0 Å². The first-order valence-electron chi connectivity index (χ1n) is 13.1. The Morgan fingerprint density at radius 3 is 2.55 bits per heavy atom. The Bertz CT molecular complexity index is 665. The molecule has 1 spiro atoms. The minimum atomic E-state index is -0.0273. The molecule has 1 N–H and O–H groups in total. The van der Waals surface area contributed by atoms with Gasteiger partial charge in [0.05, 0.1) is 6.10 Å². The molecule has 4 saturated carbocycles. The molecule has 0 aromatic heterocycles. The maximum absolute atomic E-state index is 10.7. The Morgan fingerprint density at radius 1 is 1.00 bits per heavy atom. The molecular weight excluding hydrogens is 352 g/mol. The van der Waals surface area contributed by atoms with Crippen LogP contribution in [-0.4, -0.2) is 11.2 Å². The maximum atomic E-state index is 10.7. The van der Waals surface area contributed by atoms with Crippen LogP contribution in [0.15, 0.2) is 12.2 Å². The fraction of sp³-hybridized carbons (Fsp3) is 0.929. The Labute approximate surface area is 180 Å². The first-order chi connectivity index (χ1) is 13.7. The van der Waals surface area contributed by atoms with Crippen LogP contribution < -0.4 is 0 Å². The van der Waals surface area contributed by atoms with Gasteiger partial charge >= 0.3 is 0 Å². The number of rotatable bonds is 5. The number of hydrogen-bond donors (Lipinski definition) is 1. The van der Waals surface area contributed by atoms with E-state index in [2.05, 4.69) is 46.8 Å². The van der Waals surface area contributed by atoms with Crippen LogP contribution in [0.1, 0.15) is 98.8 Å². The fourth-order valence-electron chi connectivity index (χ4n) is 9.87. The molecule has 0 saturated heterocycles. The van der Waals surface area contributed by atoms with Crippen LogP contribution in [0.2, 0.25) is 0 Å². The highest BCUT2D eigenvalue weighted by Crippen LogP contribution is 2.79. The normalized spacial score (nSPS) is 53.8. The Kier molecular flexibility index (Phi) is 4.86. The molecule has 10 atom stereocenters. The summed E-state index contributed by atoms with van der Waals surface area (Å²) in [6, 6.07) is 0. The quantitative estimate of drug-likeness (QED) is 0.484. The van der Waals surface area contributed by atoms with Crippen molar-refractivity contribution < 1.29 is 5.11 Å². The van der Waals surface area contributed by atoms with Crippen LogP contribution in [0.25, 0.3) is 0 Å². The largest absolute Gasteiger partial charge is 0.393 e. The van der Waals surface area contributed by atoms with Gasteiger partial charge in [0.2, 0.25) is 0 Å². The molecule has 1 heteroatoms. The summed E-state index contributed by atoms with van der Waals surface area (Å²) in [5, 5.41) is 10.7. The average Bonchev–Trinajstić information content (AvgIpc) is 3.23. The minimum Gasteiger partial charge on any atom is -0.393 e. The van der Waals surface area contributed by atoms with E-state index in [1.807, 2.05) is 0 Å². The molecule has 0 bridgehead atoms. The van der Waals surface area contributed by atoms with Crippen LogP contribution in [0, 0.1) is 57.7 Å². The predicted octanol–water partition coefficient (Wildman–Crippen LogP) is 7.24. The van der Waals surface area contributed by atoms with Crippen LogP contribution in [0.5, 0.6) is 0 Å². The molecule has 0 heterocycles. The van der Waals surface area contributed by atoms with Crippen molar-refractivity contribution in [1.82, 2.24) is 0 Å². The molecule has 0 amide bonds. The van der Waals surface area contributed by atoms with Crippen molar-refractivity contribution in [2.45, 2.75) is 105 Å². The first kappa shape index (κ1) is 20.6.